The summed E-state index contributed by atoms with van der Waals surface area (Å²) in [6.45, 7) is 2.62. The molecule has 6 heteroatoms. The van der Waals surface area contributed by atoms with Crippen molar-refractivity contribution in [3.8, 4) is 12.3 Å². The molecular weight excluding hydrogens is 300 g/mol. The highest BCUT2D eigenvalue weighted by atomic mass is 35.5. The van der Waals surface area contributed by atoms with Crippen LogP contribution in [0.1, 0.15) is 12.5 Å². The highest BCUT2D eigenvalue weighted by Crippen LogP contribution is 2.12. The molecule has 2 N–H and O–H groups in total. The summed E-state index contributed by atoms with van der Waals surface area (Å²) in [4.78, 5) is 11.7. The Morgan fingerprint density at radius 3 is 2.86 bits per heavy atom. The standard InChI is InChI=1S/C16H17ClN4O/c1-3-8-18-16(22)12(2)20-15-9-19-21(11-15)10-13-4-6-14(17)7-5-13/h1,4-7,9,11-12,20H,8,10H2,2H3,(H,18,22). The first-order chi connectivity index (χ1) is 10.6. The second-order valence-electron chi connectivity index (χ2n) is 4.84. The second kappa shape index (κ2) is 7.53. The fourth-order valence-corrected chi connectivity index (χ4v) is 2.03. The van der Waals surface area contributed by atoms with Crippen molar-refractivity contribution in [2.45, 2.75) is 19.5 Å². The molecule has 1 heterocycles. The Balaban J connectivity index is 1.92. The molecule has 0 spiro atoms. The van der Waals surface area contributed by atoms with Gasteiger partial charge in [-0.1, -0.05) is 29.7 Å². The van der Waals surface area contributed by atoms with E-state index in [1.54, 1.807) is 17.8 Å². The van der Waals surface area contributed by atoms with Gasteiger partial charge in [-0.3, -0.25) is 9.48 Å². The first kappa shape index (κ1) is 15.9. The van der Waals surface area contributed by atoms with Gasteiger partial charge in [-0.25, -0.2) is 0 Å². The average molecular weight is 317 g/mol. The van der Waals surface area contributed by atoms with E-state index in [1.807, 2.05) is 30.5 Å². The van der Waals surface area contributed by atoms with Crippen LogP contribution < -0.4 is 10.6 Å². The van der Waals surface area contributed by atoms with E-state index in [0.717, 1.165) is 11.3 Å². The van der Waals surface area contributed by atoms with Crippen molar-refractivity contribution in [2.24, 2.45) is 0 Å². The molecule has 1 atom stereocenters. The van der Waals surface area contributed by atoms with Crippen molar-refractivity contribution in [1.29, 1.82) is 0 Å². The molecule has 0 fully saturated rings. The normalized spacial score (nSPS) is 11.5. The Morgan fingerprint density at radius 2 is 2.18 bits per heavy atom. The maximum absolute atomic E-state index is 11.7. The summed E-state index contributed by atoms with van der Waals surface area (Å²) in [6.07, 6.45) is 8.64. The van der Waals surface area contributed by atoms with Gasteiger partial charge in [0.2, 0.25) is 5.91 Å². The molecule has 0 saturated carbocycles. The van der Waals surface area contributed by atoms with Crippen molar-refractivity contribution in [3.63, 3.8) is 0 Å². The molecule has 0 radical (unpaired) electrons. The summed E-state index contributed by atoms with van der Waals surface area (Å²) >= 11 is 5.86. The van der Waals surface area contributed by atoms with Crippen molar-refractivity contribution >= 4 is 23.2 Å². The van der Waals surface area contributed by atoms with E-state index in [0.29, 0.717) is 11.6 Å². The molecule has 0 aliphatic carbocycles. The number of nitrogens with zero attached hydrogens (tertiary/aromatic N) is 2. The topological polar surface area (TPSA) is 59.0 Å². The van der Waals surface area contributed by atoms with Crippen LogP contribution in [-0.2, 0) is 11.3 Å². The lowest BCUT2D eigenvalue weighted by molar-refractivity contribution is -0.121. The van der Waals surface area contributed by atoms with Crippen LogP contribution in [0.5, 0.6) is 0 Å². The molecule has 0 saturated heterocycles. The number of carbonyl (C=O) groups excluding carboxylic acids is 1. The maximum atomic E-state index is 11.7. The zero-order chi connectivity index (χ0) is 15.9. The minimum absolute atomic E-state index is 0.150. The van der Waals surface area contributed by atoms with Crippen LogP contribution in [-0.4, -0.2) is 28.3 Å². The predicted octanol–water partition coefficient (Wildman–Crippen LogP) is 2.13. The van der Waals surface area contributed by atoms with Gasteiger partial charge in [-0.15, -0.1) is 6.42 Å². The summed E-state index contributed by atoms with van der Waals surface area (Å²) in [7, 11) is 0. The zero-order valence-electron chi connectivity index (χ0n) is 12.2. The third-order valence-electron chi connectivity index (χ3n) is 3.03. The third-order valence-corrected chi connectivity index (χ3v) is 3.28. The smallest absolute Gasteiger partial charge is 0.242 e. The van der Waals surface area contributed by atoms with Crippen molar-refractivity contribution in [3.05, 3.63) is 47.2 Å². The first-order valence-electron chi connectivity index (χ1n) is 6.83. The van der Waals surface area contributed by atoms with Gasteiger partial charge in [0.05, 0.1) is 25.0 Å². The Bertz CT molecular complexity index is 672. The SMILES string of the molecule is C#CCNC(=O)C(C)Nc1cnn(Cc2ccc(Cl)cc2)c1. The number of halogens is 1. The van der Waals surface area contributed by atoms with E-state index in [1.165, 1.54) is 0 Å². The molecular formula is C16H17ClN4O. The molecule has 1 aromatic carbocycles. The molecule has 5 nitrogen and oxygen atoms in total. The lowest BCUT2D eigenvalue weighted by atomic mass is 10.2. The van der Waals surface area contributed by atoms with Gasteiger partial charge in [0.25, 0.3) is 0 Å². The molecule has 0 aliphatic heterocycles. The molecule has 0 aliphatic rings. The monoisotopic (exact) mass is 316 g/mol. The number of hydrogen-bond acceptors (Lipinski definition) is 3. The lowest BCUT2D eigenvalue weighted by Crippen LogP contribution is -2.37. The van der Waals surface area contributed by atoms with Gasteiger partial charge in [-0.2, -0.15) is 5.10 Å². The highest BCUT2D eigenvalue weighted by Gasteiger charge is 2.12. The Labute approximate surface area is 134 Å². The average Bonchev–Trinajstić information content (AvgIpc) is 2.94. The Kier molecular flexibility index (Phi) is 5.45. The minimum atomic E-state index is -0.387. The molecule has 2 rings (SSSR count). The van der Waals surface area contributed by atoms with Crippen LogP contribution >= 0.6 is 11.6 Å². The van der Waals surface area contributed by atoms with E-state index in [-0.39, 0.29) is 18.5 Å². The molecule has 1 amide bonds. The fraction of sp³-hybridized carbons (Fsp3) is 0.250. The van der Waals surface area contributed by atoms with Crippen molar-refractivity contribution in [2.75, 3.05) is 11.9 Å². The van der Waals surface area contributed by atoms with Gasteiger partial charge in [0.15, 0.2) is 0 Å². The quantitative estimate of drug-likeness (QED) is 0.803. The minimum Gasteiger partial charge on any atom is -0.371 e. The van der Waals surface area contributed by atoms with Crippen LogP contribution in [0.3, 0.4) is 0 Å². The Morgan fingerprint density at radius 1 is 1.45 bits per heavy atom. The molecule has 1 unspecified atom stereocenters. The van der Waals surface area contributed by atoms with E-state index in [4.69, 9.17) is 18.0 Å². The van der Waals surface area contributed by atoms with Gasteiger partial charge < -0.3 is 10.6 Å². The number of benzene rings is 1. The van der Waals surface area contributed by atoms with Crippen molar-refractivity contribution in [1.82, 2.24) is 15.1 Å². The largest absolute Gasteiger partial charge is 0.371 e. The number of amides is 1. The summed E-state index contributed by atoms with van der Waals surface area (Å²) < 4.78 is 1.79. The summed E-state index contributed by atoms with van der Waals surface area (Å²) in [5, 5.41) is 10.7. The van der Waals surface area contributed by atoms with E-state index < -0.39 is 0 Å². The van der Waals surface area contributed by atoms with Gasteiger partial charge in [0.1, 0.15) is 6.04 Å². The number of aromatic nitrogens is 2. The van der Waals surface area contributed by atoms with Crippen LogP contribution in [0.25, 0.3) is 0 Å². The van der Waals surface area contributed by atoms with Crippen LogP contribution in [0, 0.1) is 12.3 Å². The highest BCUT2D eigenvalue weighted by molar-refractivity contribution is 6.30. The maximum Gasteiger partial charge on any atom is 0.242 e. The van der Waals surface area contributed by atoms with Gasteiger partial charge in [-0.05, 0) is 24.6 Å². The van der Waals surface area contributed by atoms with Crippen LogP contribution in [0.4, 0.5) is 5.69 Å². The molecule has 1 aromatic heterocycles. The third kappa shape index (κ3) is 4.54. The number of terminal acetylenes is 1. The number of nitrogens with one attached hydrogen (secondary N) is 2. The molecule has 22 heavy (non-hydrogen) atoms. The Hall–Kier alpha value is -2.45. The predicted molar refractivity (Wildman–Crippen MR) is 87.7 cm³/mol. The number of carbonyl (C=O) groups is 1. The van der Waals surface area contributed by atoms with Crippen LogP contribution in [0.15, 0.2) is 36.7 Å². The summed E-state index contributed by atoms with van der Waals surface area (Å²) in [5.41, 5.74) is 1.87. The van der Waals surface area contributed by atoms with E-state index in [9.17, 15) is 4.79 Å². The number of hydrogen-bond donors (Lipinski definition) is 2. The first-order valence-corrected chi connectivity index (χ1v) is 7.21. The summed E-state index contributed by atoms with van der Waals surface area (Å²) in [6, 6.07) is 7.20. The molecule has 114 valence electrons. The summed E-state index contributed by atoms with van der Waals surface area (Å²) in [5.74, 6) is 2.22. The number of rotatable bonds is 6. The van der Waals surface area contributed by atoms with Crippen molar-refractivity contribution < 1.29 is 4.79 Å². The van der Waals surface area contributed by atoms with Gasteiger partial charge in [0, 0.05) is 11.2 Å². The van der Waals surface area contributed by atoms with Crippen LogP contribution in [0.2, 0.25) is 5.02 Å². The molecule has 2 aromatic rings. The lowest BCUT2D eigenvalue weighted by Gasteiger charge is -2.12. The fourth-order valence-electron chi connectivity index (χ4n) is 1.91. The van der Waals surface area contributed by atoms with E-state index in [2.05, 4.69) is 21.7 Å². The van der Waals surface area contributed by atoms with E-state index >= 15 is 0 Å². The molecule has 0 bridgehead atoms. The van der Waals surface area contributed by atoms with Gasteiger partial charge >= 0.3 is 0 Å². The zero-order valence-corrected chi connectivity index (χ0v) is 13.0. The number of anilines is 1. The second-order valence-corrected chi connectivity index (χ2v) is 5.28.